The Bertz CT molecular complexity index is 744. The molecule has 1 aromatic carbocycles. The van der Waals surface area contributed by atoms with Crippen molar-refractivity contribution in [2.24, 2.45) is 11.8 Å². The fourth-order valence-corrected chi connectivity index (χ4v) is 4.06. The third kappa shape index (κ3) is 3.48. The Hall–Kier alpha value is -2.28. The maximum absolute atomic E-state index is 12.9. The lowest BCUT2D eigenvalue weighted by molar-refractivity contribution is -0.140. The Kier molecular flexibility index (Phi) is 4.95. The highest BCUT2D eigenvalue weighted by Crippen LogP contribution is 2.42. The zero-order valence-corrected chi connectivity index (χ0v) is 15.9. The fourth-order valence-electron chi connectivity index (χ4n) is 4.06. The Morgan fingerprint density at radius 2 is 1.52 bits per heavy atom. The highest BCUT2D eigenvalue weighted by Gasteiger charge is 2.51. The second-order valence-electron chi connectivity index (χ2n) is 7.37. The van der Waals surface area contributed by atoms with Crippen LogP contribution in [0.4, 0.5) is 0 Å². The molecule has 0 bridgehead atoms. The van der Waals surface area contributed by atoms with E-state index in [1.807, 2.05) is 21.9 Å². The lowest BCUT2D eigenvalue weighted by Crippen LogP contribution is -2.43. The number of ether oxygens (including phenoxy) is 3. The molecule has 7 heteroatoms. The zero-order chi connectivity index (χ0) is 19.0. The van der Waals surface area contributed by atoms with Gasteiger partial charge in [0.05, 0.1) is 39.3 Å². The molecule has 1 saturated heterocycles. The summed E-state index contributed by atoms with van der Waals surface area (Å²) in [5.74, 6) is 1.29. The fraction of sp³-hybridized carbons (Fsp3) is 0.600. The molecule has 0 radical (unpaired) electrons. The van der Waals surface area contributed by atoms with Crippen LogP contribution in [0.3, 0.4) is 0 Å². The molecule has 2 atom stereocenters. The van der Waals surface area contributed by atoms with Crippen LogP contribution in [0.2, 0.25) is 0 Å². The summed E-state index contributed by atoms with van der Waals surface area (Å²) < 4.78 is 16.1. The third-order valence-electron chi connectivity index (χ3n) is 5.78. The van der Waals surface area contributed by atoms with E-state index in [0.29, 0.717) is 51.6 Å². The largest absolute Gasteiger partial charge is 0.493 e. The molecule has 2 heterocycles. The predicted molar refractivity (Wildman–Crippen MR) is 97.7 cm³/mol. The third-order valence-corrected chi connectivity index (χ3v) is 5.78. The molecule has 2 aliphatic heterocycles. The quantitative estimate of drug-likeness (QED) is 0.789. The first kappa shape index (κ1) is 18.1. The maximum atomic E-state index is 12.9. The lowest BCUT2D eigenvalue weighted by atomic mass is 9.98. The van der Waals surface area contributed by atoms with Gasteiger partial charge in [-0.15, -0.1) is 0 Å². The van der Waals surface area contributed by atoms with Crippen molar-refractivity contribution in [1.82, 2.24) is 9.80 Å². The molecule has 2 fully saturated rings. The normalized spacial score (nSPS) is 24.2. The smallest absolute Gasteiger partial charge is 0.226 e. The molecule has 0 N–H and O–H groups in total. The van der Waals surface area contributed by atoms with Gasteiger partial charge in [0.2, 0.25) is 11.8 Å². The Morgan fingerprint density at radius 3 is 2.15 bits per heavy atom. The SMILES string of the molecule is COc1cc2c(cc1OC)CN(C(=O)C1CC1C(=O)N1CCOCC1)CC2. The summed E-state index contributed by atoms with van der Waals surface area (Å²) in [7, 11) is 3.24. The van der Waals surface area contributed by atoms with Crippen molar-refractivity contribution < 1.29 is 23.8 Å². The van der Waals surface area contributed by atoms with E-state index in [1.54, 1.807) is 14.2 Å². The van der Waals surface area contributed by atoms with Crippen molar-refractivity contribution in [3.05, 3.63) is 23.3 Å². The van der Waals surface area contributed by atoms with Gasteiger partial charge in [-0.1, -0.05) is 0 Å². The Labute approximate surface area is 159 Å². The van der Waals surface area contributed by atoms with Gasteiger partial charge in [-0.05, 0) is 36.1 Å². The van der Waals surface area contributed by atoms with Crippen LogP contribution < -0.4 is 9.47 Å². The molecular weight excluding hydrogens is 348 g/mol. The first-order valence-corrected chi connectivity index (χ1v) is 9.51. The first-order valence-electron chi connectivity index (χ1n) is 9.51. The second-order valence-corrected chi connectivity index (χ2v) is 7.37. The monoisotopic (exact) mass is 374 g/mol. The van der Waals surface area contributed by atoms with Crippen LogP contribution in [-0.2, 0) is 27.3 Å². The minimum Gasteiger partial charge on any atom is -0.493 e. The summed E-state index contributed by atoms with van der Waals surface area (Å²) in [6.45, 7) is 3.68. The number of nitrogens with zero attached hydrogens (tertiary/aromatic N) is 2. The van der Waals surface area contributed by atoms with Crippen LogP contribution in [0, 0.1) is 11.8 Å². The molecule has 1 aromatic rings. The minimum absolute atomic E-state index is 0.0991. The van der Waals surface area contributed by atoms with E-state index in [-0.39, 0.29) is 23.7 Å². The zero-order valence-electron chi connectivity index (χ0n) is 15.9. The van der Waals surface area contributed by atoms with Crippen LogP contribution in [0.5, 0.6) is 11.5 Å². The predicted octanol–water partition coefficient (Wildman–Crippen LogP) is 1.08. The van der Waals surface area contributed by atoms with Gasteiger partial charge in [-0.25, -0.2) is 0 Å². The number of morpholine rings is 1. The van der Waals surface area contributed by atoms with E-state index in [9.17, 15) is 9.59 Å². The van der Waals surface area contributed by atoms with Crippen LogP contribution in [0.1, 0.15) is 17.5 Å². The number of amides is 2. The van der Waals surface area contributed by atoms with Gasteiger partial charge >= 0.3 is 0 Å². The molecule has 27 heavy (non-hydrogen) atoms. The van der Waals surface area contributed by atoms with Crippen molar-refractivity contribution in [2.75, 3.05) is 47.1 Å². The summed E-state index contributed by atoms with van der Waals surface area (Å²) in [4.78, 5) is 29.2. The number of fused-ring (bicyclic) bond motifs is 1. The molecule has 7 nitrogen and oxygen atoms in total. The van der Waals surface area contributed by atoms with E-state index >= 15 is 0 Å². The summed E-state index contributed by atoms with van der Waals surface area (Å²) in [6.07, 6.45) is 1.46. The van der Waals surface area contributed by atoms with Crippen LogP contribution in [0.15, 0.2) is 12.1 Å². The molecule has 146 valence electrons. The highest BCUT2D eigenvalue weighted by molar-refractivity contribution is 5.92. The number of benzene rings is 1. The van der Waals surface area contributed by atoms with E-state index in [4.69, 9.17) is 14.2 Å². The molecule has 4 rings (SSSR count). The lowest BCUT2D eigenvalue weighted by Gasteiger charge is -2.30. The van der Waals surface area contributed by atoms with Crippen LogP contribution >= 0.6 is 0 Å². The molecule has 0 aromatic heterocycles. The van der Waals surface area contributed by atoms with E-state index in [1.165, 1.54) is 5.56 Å². The van der Waals surface area contributed by atoms with Gasteiger partial charge in [-0.2, -0.15) is 0 Å². The van der Waals surface area contributed by atoms with Crippen molar-refractivity contribution in [1.29, 1.82) is 0 Å². The average Bonchev–Trinajstić information content (AvgIpc) is 3.52. The number of carbonyl (C=O) groups is 2. The van der Waals surface area contributed by atoms with Crippen LogP contribution in [-0.4, -0.2) is 68.7 Å². The van der Waals surface area contributed by atoms with Gasteiger partial charge in [0.25, 0.3) is 0 Å². The van der Waals surface area contributed by atoms with E-state index in [2.05, 4.69) is 0 Å². The minimum atomic E-state index is -0.165. The van der Waals surface area contributed by atoms with Gasteiger partial charge < -0.3 is 24.0 Å². The summed E-state index contributed by atoms with van der Waals surface area (Å²) in [5, 5.41) is 0. The molecule has 1 aliphatic carbocycles. The van der Waals surface area contributed by atoms with Crippen molar-refractivity contribution in [3.8, 4) is 11.5 Å². The number of hydrogen-bond acceptors (Lipinski definition) is 5. The van der Waals surface area contributed by atoms with Gasteiger partial charge in [0, 0.05) is 26.2 Å². The number of rotatable bonds is 4. The molecule has 1 saturated carbocycles. The summed E-state index contributed by atoms with van der Waals surface area (Å²) in [6, 6.07) is 3.95. The van der Waals surface area contributed by atoms with Crippen molar-refractivity contribution in [3.63, 3.8) is 0 Å². The van der Waals surface area contributed by atoms with Gasteiger partial charge in [0.1, 0.15) is 0 Å². The summed E-state index contributed by atoms with van der Waals surface area (Å²) in [5.41, 5.74) is 2.28. The molecule has 2 amide bonds. The van der Waals surface area contributed by atoms with Gasteiger partial charge in [0.15, 0.2) is 11.5 Å². The van der Waals surface area contributed by atoms with Crippen LogP contribution in [0.25, 0.3) is 0 Å². The molecule has 3 aliphatic rings. The number of carbonyl (C=O) groups excluding carboxylic acids is 2. The Balaban J connectivity index is 1.40. The summed E-state index contributed by atoms with van der Waals surface area (Å²) >= 11 is 0. The molecule has 0 spiro atoms. The highest BCUT2D eigenvalue weighted by atomic mass is 16.5. The van der Waals surface area contributed by atoms with E-state index in [0.717, 1.165) is 17.7 Å². The standard InChI is InChI=1S/C20H26N2O5/c1-25-17-9-13-3-4-22(12-14(13)10-18(17)26-2)20(24)16-11-15(16)19(23)21-5-7-27-8-6-21/h9-10,15-16H,3-8,11-12H2,1-2H3. The number of methoxy groups -OCH3 is 2. The molecular formula is C20H26N2O5. The van der Waals surface area contributed by atoms with Crippen molar-refractivity contribution in [2.45, 2.75) is 19.4 Å². The van der Waals surface area contributed by atoms with Gasteiger partial charge in [-0.3, -0.25) is 9.59 Å². The van der Waals surface area contributed by atoms with E-state index < -0.39 is 0 Å². The maximum Gasteiger partial charge on any atom is 0.226 e. The first-order chi connectivity index (χ1) is 13.1. The topological polar surface area (TPSA) is 68.3 Å². The number of hydrogen-bond donors (Lipinski definition) is 0. The molecule has 2 unspecified atom stereocenters. The Morgan fingerprint density at radius 1 is 0.926 bits per heavy atom. The average molecular weight is 374 g/mol. The second kappa shape index (κ2) is 7.38. The van der Waals surface area contributed by atoms with Crippen molar-refractivity contribution >= 4 is 11.8 Å².